The summed E-state index contributed by atoms with van der Waals surface area (Å²) in [6.07, 6.45) is 2.96. The molecule has 0 saturated heterocycles. The van der Waals surface area contributed by atoms with Crippen LogP contribution < -0.4 is 0 Å². The smallest absolute Gasteiger partial charge is 0.137 e. The van der Waals surface area contributed by atoms with E-state index in [2.05, 4.69) is 34.2 Å². The Bertz CT molecular complexity index is 259. The zero-order valence-corrected chi connectivity index (χ0v) is 6.94. The highest BCUT2D eigenvalue weighted by molar-refractivity contribution is 5.11. The van der Waals surface area contributed by atoms with Gasteiger partial charge >= 0.3 is 0 Å². The maximum absolute atomic E-state index is 3.56. The van der Waals surface area contributed by atoms with Crippen LogP contribution in [0.4, 0.5) is 0 Å². The summed E-state index contributed by atoms with van der Waals surface area (Å²) in [7, 11) is 0. The van der Waals surface area contributed by atoms with E-state index in [9.17, 15) is 0 Å². The largest absolute Gasteiger partial charge is 0.266 e. The fourth-order valence-electron chi connectivity index (χ4n) is 0.701. The van der Waals surface area contributed by atoms with Crippen LogP contribution in [0.25, 0.3) is 0 Å². The lowest BCUT2D eigenvalue weighted by Gasteiger charge is -1.82. The van der Waals surface area contributed by atoms with Crippen LogP contribution in [0.3, 0.4) is 0 Å². The minimum atomic E-state index is 1.32. The Morgan fingerprint density at radius 1 is 1.17 bits per heavy atom. The normalized spacial score (nSPS) is 8.42. The molecule has 1 aromatic carbocycles. The molecule has 2 aromatic rings. The molecule has 0 atom stereocenters. The number of nitrogens with one attached hydrogen (secondary N) is 1. The quantitative estimate of drug-likeness (QED) is 0.640. The Morgan fingerprint density at radius 2 is 1.92 bits per heavy atom. The number of aromatic amines is 1. The zero-order valence-electron chi connectivity index (χ0n) is 6.94. The maximum Gasteiger partial charge on any atom is 0.137 e. The Kier molecular flexibility index (Phi) is 3.57. The molecular formula is C9H11N3. The summed E-state index contributed by atoms with van der Waals surface area (Å²) in [6, 6.07) is 10.3. The van der Waals surface area contributed by atoms with E-state index in [0.29, 0.717) is 0 Å². The third kappa shape index (κ3) is 3.51. The summed E-state index contributed by atoms with van der Waals surface area (Å²) in [5, 5.41) is 5.99. The van der Waals surface area contributed by atoms with Gasteiger partial charge in [0.2, 0.25) is 0 Å². The molecule has 0 unspecified atom stereocenters. The zero-order chi connectivity index (χ0) is 8.65. The average Bonchev–Trinajstić information content (AvgIpc) is 2.62. The minimum absolute atomic E-state index is 1.32. The molecule has 0 aliphatic heterocycles. The molecule has 3 heteroatoms. The predicted molar refractivity (Wildman–Crippen MR) is 47.6 cm³/mol. The molecule has 0 bridgehead atoms. The highest BCUT2D eigenvalue weighted by atomic mass is 15.2. The minimum Gasteiger partial charge on any atom is -0.266 e. The van der Waals surface area contributed by atoms with Crippen LogP contribution in [0.5, 0.6) is 0 Å². The summed E-state index contributed by atoms with van der Waals surface area (Å²) in [5.74, 6) is 0. The number of rotatable bonds is 0. The molecule has 0 fully saturated rings. The van der Waals surface area contributed by atoms with Gasteiger partial charge in [0, 0.05) is 0 Å². The highest BCUT2D eigenvalue weighted by Crippen LogP contribution is 1.92. The molecule has 0 radical (unpaired) electrons. The van der Waals surface area contributed by atoms with Crippen molar-refractivity contribution < 1.29 is 0 Å². The van der Waals surface area contributed by atoms with Crippen LogP contribution in [0, 0.1) is 6.92 Å². The van der Waals surface area contributed by atoms with E-state index >= 15 is 0 Å². The molecule has 0 amide bonds. The standard InChI is InChI=1S/C7H8.C2H3N3/c1-7-5-3-2-4-6-7;1-3-2-5-4-1/h2-6H,1H3;1-2H,(H,3,4,5). The third-order valence-corrected chi connectivity index (χ3v) is 1.27. The summed E-state index contributed by atoms with van der Waals surface area (Å²) in [6.45, 7) is 2.08. The van der Waals surface area contributed by atoms with Crippen molar-refractivity contribution in [2.24, 2.45) is 0 Å². The molecule has 3 nitrogen and oxygen atoms in total. The van der Waals surface area contributed by atoms with E-state index in [1.807, 2.05) is 18.2 Å². The Hall–Kier alpha value is -1.64. The fraction of sp³-hybridized carbons (Fsp3) is 0.111. The van der Waals surface area contributed by atoms with Gasteiger partial charge < -0.3 is 0 Å². The van der Waals surface area contributed by atoms with Crippen molar-refractivity contribution in [2.45, 2.75) is 6.92 Å². The molecule has 2 rings (SSSR count). The van der Waals surface area contributed by atoms with Crippen LogP contribution in [0.2, 0.25) is 0 Å². The molecule has 0 spiro atoms. The van der Waals surface area contributed by atoms with Crippen LogP contribution in [-0.2, 0) is 0 Å². The molecule has 12 heavy (non-hydrogen) atoms. The maximum atomic E-state index is 3.56. The second-order valence-corrected chi connectivity index (χ2v) is 2.31. The van der Waals surface area contributed by atoms with Gasteiger partial charge in [-0.2, -0.15) is 5.10 Å². The fourth-order valence-corrected chi connectivity index (χ4v) is 0.701. The van der Waals surface area contributed by atoms with Gasteiger partial charge in [0.05, 0.1) is 0 Å². The van der Waals surface area contributed by atoms with Crippen LogP contribution >= 0.6 is 0 Å². The first-order valence-electron chi connectivity index (χ1n) is 3.70. The van der Waals surface area contributed by atoms with Gasteiger partial charge in [0.1, 0.15) is 12.7 Å². The van der Waals surface area contributed by atoms with Crippen molar-refractivity contribution in [3.05, 3.63) is 48.5 Å². The highest BCUT2D eigenvalue weighted by Gasteiger charge is 1.72. The van der Waals surface area contributed by atoms with Gasteiger partial charge in [-0.15, -0.1) is 0 Å². The monoisotopic (exact) mass is 161 g/mol. The third-order valence-electron chi connectivity index (χ3n) is 1.27. The van der Waals surface area contributed by atoms with Gasteiger partial charge in [-0.05, 0) is 6.92 Å². The number of H-pyrrole nitrogens is 1. The average molecular weight is 161 g/mol. The number of aryl methyl sites for hydroxylation is 1. The van der Waals surface area contributed by atoms with Gasteiger partial charge in [0.25, 0.3) is 0 Å². The van der Waals surface area contributed by atoms with Crippen LogP contribution in [0.15, 0.2) is 43.0 Å². The Labute approximate surface area is 71.5 Å². The lowest BCUT2D eigenvalue weighted by Crippen LogP contribution is -1.62. The van der Waals surface area contributed by atoms with E-state index < -0.39 is 0 Å². The molecule has 0 aliphatic rings. The first kappa shape index (κ1) is 8.46. The van der Waals surface area contributed by atoms with Crippen molar-refractivity contribution in [3.8, 4) is 0 Å². The second kappa shape index (κ2) is 5.07. The Morgan fingerprint density at radius 3 is 2.17 bits per heavy atom. The van der Waals surface area contributed by atoms with Gasteiger partial charge in [-0.1, -0.05) is 35.9 Å². The second-order valence-electron chi connectivity index (χ2n) is 2.31. The summed E-state index contributed by atoms with van der Waals surface area (Å²) in [4.78, 5) is 3.56. The van der Waals surface area contributed by atoms with E-state index in [-0.39, 0.29) is 0 Å². The molecule has 0 aliphatic carbocycles. The van der Waals surface area contributed by atoms with Crippen molar-refractivity contribution in [3.63, 3.8) is 0 Å². The van der Waals surface area contributed by atoms with Gasteiger partial charge in [-0.3, -0.25) is 5.10 Å². The summed E-state index contributed by atoms with van der Waals surface area (Å²) < 4.78 is 0. The Balaban J connectivity index is 0.000000127. The summed E-state index contributed by atoms with van der Waals surface area (Å²) in [5.41, 5.74) is 1.32. The molecular weight excluding hydrogens is 150 g/mol. The van der Waals surface area contributed by atoms with E-state index in [0.717, 1.165) is 0 Å². The van der Waals surface area contributed by atoms with Crippen molar-refractivity contribution in [1.82, 2.24) is 15.2 Å². The summed E-state index contributed by atoms with van der Waals surface area (Å²) >= 11 is 0. The molecule has 1 aromatic heterocycles. The SMILES string of the molecule is Cc1ccccc1.c1nc[nH]n1. The van der Waals surface area contributed by atoms with Crippen LogP contribution in [-0.4, -0.2) is 15.2 Å². The lowest BCUT2D eigenvalue weighted by molar-refractivity contribution is 1.09. The van der Waals surface area contributed by atoms with Crippen molar-refractivity contribution >= 4 is 0 Å². The first-order chi connectivity index (χ1) is 5.89. The van der Waals surface area contributed by atoms with Crippen LogP contribution in [0.1, 0.15) is 5.56 Å². The number of benzene rings is 1. The van der Waals surface area contributed by atoms with E-state index in [4.69, 9.17) is 0 Å². The van der Waals surface area contributed by atoms with E-state index in [1.165, 1.54) is 18.2 Å². The molecule has 1 heterocycles. The molecule has 0 saturated carbocycles. The van der Waals surface area contributed by atoms with Crippen molar-refractivity contribution in [1.29, 1.82) is 0 Å². The number of hydrogen-bond acceptors (Lipinski definition) is 2. The predicted octanol–water partition coefficient (Wildman–Crippen LogP) is 1.80. The van der Waals surface area contributed by atoms with Gasteiger partial charge in [-0.25, -0.2) is 4.98 Å². The van der Waals surface area contributed by atoms with E-state index in [1.54, 1.807) is 0 Å². The van der Waals surface area contributed by atoms with Gasteiger partial charge in [0.15, 0.2) is 0 Å². The number of nitrogens with zero attached hydrogens (tertiary/aromatic N) is 2. The number of aromatic nitrogens is 3. The van der Waals surface area contributed by atoms with Crippen molar-refractivity contribution in [2.75, 3.05) is 0 Å². The first-order valence-corrected chi connectivity index (χ1v) is 3.70. The molecule has 62 valence electrons. The molecule has 1 N–H and O–H groups in total. The lowest BCUT2D eigenvalue weighted by atomic mass is 10.2. The topological polar surface area (TPSA) is 41.6 Å². The number of hydrogen-bond donors (Lipinski definition) is 1.